The topological polar surface area (TPSA) is 84.4 Å². The van der Waals surface area contributed by atoms with Crippen LogP contribution in [0.4, 0.5) is 0 Å². The Bertz CT molecular complexity index is 624. The number of carbonyl (C=O) groups is 1. The molecule has 0 aliphatic rings. The Hall–Kier alpha value is -2.02. The monoisotopic (exact) mass is 326 g/mol. The van der Waals surface area contributed by atoms with Crippen molar-refractivity contribution in [2.45, 2.75) is 0 Å². The molecule has 2 rings (SSSR count). The van der Waals surface area contributed by atoms with E-state index in [0.29, 0.717) is 22.8 Å². The minimum atomic E-state index is -1.07. The number of H-pyrrole nitrogens is 1. The molecule has 2 aromatic rings. The molecule has 0 atom stereocenters. The van der Waals surface area contributed by atoms with Crippen LogP contribution in [-0.4, -0.2) is 35.5 Å². The number of nitrogens with one attached hydrogen (secondary N) is 1. The number of hydrogen-bond acceptors (Lipinski definition) is 4. The molecule has 0 amide bonds. The van der Waals surface area contributed by atoms with Gasteiger partial charge in [0.15, 0.2) is 11.5 Å². The molecule has 0 saturated heterocycles. The molecule has 19 heavy (non-hydrogen) atoms. The van der Waals surface area contributed by atoms with Gasteiger partial charge >= 0.3 is 5.97 Å². The van der Waals surface area contributed by atoms with Crippen LogP contribution in [0.3, 0.4) is 0 Å². The van der Waals surface area contributed by atoms with E-state index in [1.165, 1.54) is 20.3 Å². The maximum Gasteiger partial charge on any atom is 0.353 e. The first-order valence-corrected chi connectivity index (χ1v) is 6.06. The summed E-state index contributed by atoms with van der Waals surface area (Å²) in [4.78, 5) is 10.9. The summed E-state index contributed by atoms with van der Waals surface area (Å²) in [7, 11) is 3.04. The summed E-state index contributed by atoms with van der Waals surface area (Å²) >= 11 is 3.36. The van der Waals surface area contributed by atoms with Gasteiger partial charge in [0.05, 0.1) is 19.9 Å². The number of ether oxygens (including phenoxy) is 2. The number of benzene rings is 1. The first kappa shape index (κ1) is 13.4. The average Bonchev–Trinajstić information content (AvgIpc) is 2.87. The lowest BCUT2D eigenvalue weighted by molar-refractivity contribution is 0.0690. The number of methoxy groups -OCH3 is 2. The Morgan fingerprint density at radius 3 is 2.58 bits per heavy atom. The molecule has 2 N–H and O–H groups in total. The van der Waals surface area contributed by atoms with Crippen molar-refractivity contribution in [1.29, 1.82) is 0 Å². The SMILES string of the molecule is COc1cc(Br)cc(-c2cc(C(=O)O)[nH]n2)c1OC. The highest BCUT2D eigenvalue weighted by molar-refractivity contribution is 9.10. The molecule has 1 aromatic heterocycles. The van der Waals surface area contributed by atoms with Crippen molar-refractivity contribution in [2.75, 3.05) is 14.2 Å². The number of aromatic carboxylic acids is 1. The van der Waals surface area contributed by atoms with Gasteiger partial charge in [-0.2, -0.15) is 5.10 Å². The second-order valence-corrected chi connectivity index (χ2v) is 4.58. The number of carboxylic acid groups (broad SMARTS) is 1. The zero-order valence-electron chi connectivity index (χ0n) is 10.2. The van der Waals surface area contributed by atoms with Crippen LogP contribution < -0.4 is 9.47 Å². The van der Waals surface area contributed by atoms with Gasteiger partial charge in [0, 0.05) is 10.0 Å². The van der Waals surface area contributed by atoms with Crippen LogP contribution in [0.25, 0.3) is 11.3 Å². The first-order chi connectivity index (χ1) is 9.06. The molecule has 0 radical (unpaired) electrons. The van der Waals surface area contributed by atoms with Crippen LogP contribution in [0.1, 0.15) is 10.5 Å². The number of hydrogen-bond donors (Lipinski definition) is 2. The van der Waals surface area contributed by atoms with Crippen LogP contribution in [0, 0.1) is 0 Å². The van der Waals surface area contributed by atoms with Crippen molar-refractivity contribution in [3.63, 3.8) is 0 Å². The van der Waals surface area contributed by atoms with Crippen molar-refractivity contribution in [1.82, 2.24) is 10.2 Å². The van der Waals surface area contributed by atoms with Gasteiger partial charge in [0.1, 0.15) is 5.69 Å². The van der Waals surface area contributed by atoms with E-state index in [0.717, 1.165) is 4.47 Å². The van der Waals surface area contributed by atoms with Crippen molar-refractivity contribution >= 4 is 21.9 Å². The van der Waals surface area contributed by atoms with E-state index in [-0.39, 0.29) is 5.69 Å². The molecular formula is C12H11BrN2O4. The Morgan fingerprint density at radius 2 is 2.05 bits per heavy atom. The lowest BCUT2D eigenvalue weighted by atomic mass is 10.1. The largest absolute Gasteiger partial charge is 0.493 e. The van der Waals surface area contributed by atoms with Gasteiger partial charge in [-0.15, -0.1) is 0 Å². The number of nitrogens with zero attached hydrogens (tertiary/aromatic N) is 1. The van der Waals surface area contributed by atoms with Gasteiger partial charge < -0.3 is 14.6 Å². The predicted molar refractivity (Wildman–Crippen MR) is 71.8 cm³/mol. The fraction of sp³-hybridized carbons (Fsp3) is 0.167. The van der Waals surface area contributed by atoms with Crippen LogP contribution in [0.2, 0.25) is 0 Å². The average molecular weight is 327 g/mol. The number of halogens is 1. The summed E-state index contributed by atoms with van der Waals surface area (Å²) in [5.41, 5.74) is 1.11. The molecule has 0 fully saturated rings. The maximum absolute atomic E-state index is 10.9. The van der Waals surface area contributed by atoms with E-state index in [1.54, 1.807) is 12.1 Å². The van der Waals surface area contributed by atoms with E-state index < -0.39 is 5.97 Å². The molecule has 0 spiro atoms. The second-order valence-electron chi connectivity index (χ2n) is 3.66. The van der Waals surface area contributed by atoms with Crippen LogP contribution in [0.5, 0.6) is 11.5 Å². The van der Waals surface area contributed by atoms with Crippen molar-refractivity contribution in [3.8, 4) is 22.8 Å². The predicted octanol–water partition coefficient (Wildman–Crippen LogP) is 2.55. The first-order valence-electron chi connectivity index (χ1n) is 5.27. The van der Waals surface area contributed by atoms with E-state index in [1.807, 2.05) is 0 Å². The lowest BCUT2D eigenvalue weighted by Gasteiger charge is -2.11. The highest BCUT2D eigenvalue weighted by atomic mass is 79.9. The van der Waals surface area contributed by atoms with Gasteiger partial charge in [-0.25, -0.2) is 4.79 Å². The molecule has 0 bridgehead atoms. The minimum absolute atomic E-state index is 0.0102. The van der Waals surface area contributed by atoms with Gasteiger partial charge in [0.2, 0.25) is 0 Å². The molecule has 0 aliphatic carbocycles. The summed E-state index contributed by atoms with van der Waals surface area (Å²) in [6.07, 6.45) is 0. The smallest absolute Gasteiger partial charge is 0.353 e. The normalized spacial score (nSPS) is 10.3. The summed E-state index contributed by atoms with van der Waals surface area (Å²) in [6, 6.07) is 4.97. The minimum Gasteiger partial charge on any atom is -0.493 e. The zero-order chi connectivity index (χ0) is 14.0. The van der Waals surface area contributed by atoms with Gasteiger partial charge in [-0.05, 0) is 18.2 Å². The Kier molecular flexibility index (Phi) is 3.75. The summed E-state index contributed by atoms with van der Waals surface area (Å²) in [5, 5.41) is 15.3. The van der Waals surface area contributed by atoms with Crippen molar-refractivity contribution in [2.24, 2.45) is 0 Å². The molecule has 0 aliphatic heterocycles. The fourth-order valence-corrected chi connectivity index (χ4v) is 2.13. The third-order valence-electron chi connectivity index (χ3n) is 2.53. The molecule has 0 saturated carbocycles. The summed E-state index contributed by atoms with van der Waals surface area (Å²) in [6.45, 7) is 0. The Morgan fingerprint density at radius 1 is 1.32 bits per heavy atom. The number of rotatable bonds is 4. The fourth-order valence-electron chi connectivity index (χ4n) is 1.69. The van der Waals surface area contributed by atoms with E-state index in [4.69, 9.17) is 14.6 Å². The summed E-state index contributed by atoms with van der Waals surface area (Å²) < 4.78 is 11.3. The molecule has 1 aromatic carbocycles. The van der Waals surface area contributed by atoms with E-state index >= 15 is 0 Å². The number of aromatic nitrogens is 2. The Balaban J connectivity index is 2.59. The molecular weight excluding hydrogens is 316 g/mol. The van der Waals surface area contributed by atoms with Crippen LogP contribution in [-0.2, 0) is 0 Å². The molecule has 6 nitrogen and oxygen atoms in total. The maximum atomic E-state index is 10.9. The number of carboxylic acids is 1. The van der Waals surface area contributed by atoms with Crippen LogP contribution >= 0.6 is 15.9 Å². The van der Waals surface area contributed by atoms with Crippen molar-refractivity contribution in [3.05, 3.63) is 28.4 Å². The molecule has 1 heterocycles. The summed E-state index contributed by atoms with van der Waals surface area (Å²) in [5.74, 6) is -0.0411. The Labute approximate surface area is 117 Å². The lowest BCUT2D eigenvalue weighted by Crippen LogP contribution is -1.95. The zero-order valence-corrected chi connectivity index (χ0v) is 11.8. The number of aromatic amines is 1. The highest BCUT2D eigenvalue weighted by Gasteiger charge is 2.17. The van der Waals surface area contributed by atoms with E-state index in [9.17, 15) is 4.79 Å². The van der Waals surface area contributed by atoms with E-state index in [2.05, 4.69) is 26.1 Å². The standard InChI is InChI=1S/C12H11BrN2O4/c1-18-10-4-6(13)3-7(11(10)19-2)8-5-9(12(16)17)15-14-8/h3-5H,1-2H3,(H,14,15)(H,16,17). The highest BCUT2D eigenvalue weighted by Crippen LogP contribution is 2.40. The van der Waals surface area contributed by atoms with Gasteiger partial charge in [-0.3, -0.25) is 5.10 Å². The van der Waals surface area contributed by atoms with Gasteiger partial charge in [-0.1, -0.05) is 15.9 Å². The van der Waals surface area contributed by atoms with Crippen LogP contribution in [0.15, 0.2) is 22.7 Å². The van der Waals surface area contributed by atoms with Crippen molar-refractivity contribution < 1.29 is 19.4 Å². The third-order valence-corrected chi connectivity index (χ3v) is 2.99. The molecule has 100 valence electrons. The second kappa shape index (κ2) is 5.31. The quantitative estimate of drug-likeness (QED) is 0.901. The third kappa shape index (κ3) is 2.55. The molecule has 0 unspecified atom stereocenters. The van der Waals surface area contributed by atoms with Gasteiger partial charge in [0.25, 0.3) is 0 Å². The molecule has 7 heteroatoms.